The molecule has 3 aromatic heterocycles. The summed E-state index contributed by atoms with van der Waals surface area (Å²) in [4.78, 5) is 14.5. The van der Waals surface area contributed by atoms with Crippen LogP contribution in [-0.4, -0.2) is 15.0 Å². The normalized spacial score (nSPS) is 12.5. The molecule has 0 spiro atoms. The molecule has 0 saturated carbocycles. The molecule has 0 bridgehead atoms. The fourth-order valence-electron chi connectivity index (χ4n) is 6.85. The molecule has 3 heterocycles. The van der Waals surface area contributed by atoms with Gasteiger partial charge in [0.05, 0.1) is 22.4 Å². The molecule has 0 fully saturated rings. The number of benzene rings is 5. The number of aryl methyl sites for hydroxylation is 1. The van der Waals surface area contributed by atoms with Gasteiger partial charge in [-0.3, -0.25) is 4.98 Å². The van der Waals surface area contributed by atoms with Crippen molar-refractivity contribution in [1.29, 1.82) is 0 Å². The molecule has 3 nitrogen and oxygen atoms in total. The van der Waals surface area contributed by atoms with Crippen molar-refractivity contribution in [2.75, 3.05) is 0 Å². The topological polar surface area (TPSA) is 38.7 Å². The zero-order valence-corrected chi connectivity index (χ0v) is 25.2. The highest BCUT2D eigenvalue weighted by molar-refractivity contribution is 6.04. The predicted octanol–water partition coefficient (Wildman–Crippen LogP) is 11.0. The highest BCUT2D eigenvalue weighted by atomic mass is 14.8. The molecule has 0 aliphatic heterocycles. The Bertz CT molecular complexity index is 2440. The predicted molar refractivity (Wildman–Crippen MR) is 191 cm³/mol. The van der Waals surface area contributed by atoms with Crippen molar-refractivity contribution in [1.82, 2.24) is 15.0 Å². The van der Waals surface area contributed by atoms with Crippen LogP contribution in [-0.2, 0) is 6.42 Å². The van der Waals surface area contributed by atoms with Crippen molar-refractivity contribution in [3.05, 3.63) is 157 Å². The molecule has 0 amide bonds. The smallest absolute Gasteiger partial charge is 0.0972 e. The Hall–Kier alpha value is -5.93. The third kappa shape index (κ3) is 4.56. The Morgan fingerprint density at radius 2 is 1.02 bits per heavy atom. The van der Waals surface area contributed by atoms with Gasteiger partial charge in [0.1, 0.15) is 0 Å². The van der Waals surface area contributed by atoms with Crippen LogP contribution in [0, 0.1) is 0 Å². The molecule has 46 heavy (non-hydrogen) atoms. The molecule has 1 aliphatic rings. The maximum Gasteiger partial charge on any atom is 0.0972 e. The van der Waals surface area contributed by atoms with Crippen LogP contribution in [0.1, 0.15) is 17.5 Å². The lowest BCUT2D eigenvalue weighted by Gasteiger charge is -2.17. The number of fused-ring (bicyclic) bond motifs is 6. The molecule has 216 valence electrons. The molecular weight excluding hydrogens is 558 g/mol. The van der Waals surface area contributed by atoms with Gasteiger partial charge in [0.15, 0.2) is 0 Å². The Morgan fingerprint density at radius 1 is 0.478 bits per heavy atom. The van der Waals surface area contributed by atoms with Crippen molar-refractivity contribution in [3.8, 4) is 44.8 Å². The number of hydrogen-bond donors (Lipinski definition) is 0. The molecule has 0 atom stereocenters. The largest absolute Gasteiger partial charge is 0.265 e. The van der Waals surface area contributed by atoms with Gasteiger partial charge in [0.25, 0.3) is 0 Å². The highest BCUT2D eigenvalue weighted by Gasteiger charge is 2.14. The first kappa shape index (κ1) is 26.5. The van der Waals surface area contributed by atoms with Gasteiger partial charge in [-0.1, -0.05) is 109 Å². The first-order valence-electron chi connectivity index (χ1n) is 15.8. The second-order valence-electron chi connectivity index (χ2n) is 12.0. The van der Waals surface area contributed by atoms with E-state index < -0.39 is 0 Å². The lowest BCUT2D eigenvalue weighted by atomic mass is 9.87. The average molecular weight is 588 g/mol. The van der Waals surface area contributed by atoms with Crippen molar-refractivity contribution in [2.24, 2.45) is 0 Å². The molecule has 0 radical (unpaired) electrons. The zero-order chi connectivity index (χ0) is 30.5. The fraction of sp³-hybridized carbons (Fsp3) is 0.0465. The minimum Gasteiger partial charge on any atom is -0.265 e. The van der Waals surface area contributed by atoms with E-state index in [0.29, 0.717) is 0 Å². The first-order chi connectivity index (χ1) is 22.8. The molecule has 1 aliphatic carbocycles. The van der Waals surface area contributed by atoms with E-state index in [1.54, 1.807) is 0 Å². The second-order valence-corrected chi connectivity index (χ2v) is 12.0. The minimum atomic E-state index is 0.917. The quantitative estimate of drug-likeness (QED) is 0.192. The number of aromatic nitrogens is 3. The summed E-state index contributed by atoms with van der Waals surface area (Å²) in [5, 5.41) is 4.84. The number of nitrogens with zero attached hydrogens (tertiary/aromatic N) is 3. The molecule has 8 aromatic rings. The molecule has 9 rings (SSSR count). The number of allylic oxidation sites excluding steroid dienone is 1. The number of rotatable bonds is 4. The minimum absolute atomic E-state index is 0.917. The molecule has 0 N–H and O–H groups in total. The summed E-state index contributed by atoms with van der Waals surface area (Å²) in [7, 11) is 0. The SMILES string of the molecule is C1=Cc2cc(-c3ccc(-c4ccc5ccc6ccc(-c7ccc(-c8ccncc8)cc7)nc6c5n4)cc3)c3ccccc3c2CC1. The third-order valence-corrected chi connectivity index (χ3v) is 9.25. The lowest BCUT2D eigenvalue weighted by molar-refractivity contribution is 0.997. The van der Waals surface area contributed by atoms with Crippen LogP contribution in [0.2, 0.25) is 0 Å². The van der Waals surface area contributed by atoms with Gasteiger partial charge in [0.2, 0.25) is 0 Å². The van der Waals surface area contributed by atoms with Crippen molar-refractivity contribution in [3.63, 3.8) is 0 Å². The van der Waals surface area contributed by atoms with E-state index in [1.807, 2.05) is 24.5 Å². The summed E-state index contributed by atoms with van der Waals surface area (Å²) in [6.07, 6.45) is 10.4. The Kier molecular flexibility index (Phi) is 6.27. The van der Waals surface area contributed by atoms with Crippen molar-refractivity contribution < 1.29 is 0 Å². The van der Waals surface area contributed by atoms with Gasteiger partial charge in [-0.05, 0) is 87.3 Å². The van der Waals surface area contributed by atoms with Crippen LogP contribution in [0.4, 0.5) is 0 Å². The van der Waals surface area contributed by atoms with Crippen LogP contribution in [0.25, 0.3) is 83.4 Å². The molecular formula is C43H29N3. The van der Waals surface area contributed by atoms with E-state index in [0.717, 1.165) is 68.3 Å². The summed E-state index contributed by atoms with van der Waals surface area (Å²) < 4.78 is 0. The standard InChI is InChI=1S/C43H29N3/c1-2-6-36-35(5-1)27-39(38-8-4-3-7-37(36)38)30-11-15-32(16-12-30)41-22-20-34-18-17-33-19-21-40(45-42(33)43(34)46-41)31-13-9-28(10-14-31)29-23-25-44-26-24-29/h1,3-5,7-27H,2,6H2. The Morgan fingerprint density at radius 3 is 1.67 bits per heavy atom. The second kappa shape index (κ2) is 10.9. The number of hydrogen-bond acceptors (Lipinski definition) is 3. The van der Waals surface area contributed by atoms with E-state index >= 15 is 0 Å². The van der Waals surface area contributed by atoms with Crippen LogP contribution < -0.4 is 0 Å². The highest BCUT2D eigenvalue weighted by Crippen LogP contribution is 2.37. The fourth-order valence-corrected chi connectivity index (χ4v) is 6.85. The van der Waals surface area contributed by atoms with Gasteiger partial charge in [0, 0.05) is 34.3 Å². The van der Waals surface area contributed by atoms with Gasteiger partial charge >= 0.3 is 0 Å². The molecule has 3 heteroatoms. The van der Waals surface area contributed by atoms with E-state index in [4.69, 9.17) is 9.97 Å². The summed E-state index contributed by atoms with van der Waals surface area (Å²) in [5.41, 5.74) is 13.5. The lowest BCUT2D eigenvalue weighted by Crippen LogP contribution is -1.97. The summed E-state index contributed by atoms with van der Waals surface area (Å²) in [6, 6.07) is 45.4. The molecule has 0 unspecified atom stereocenters. The van der Waals surface area contributed by atoms with E-state index in [-0.39, 0.29) is 0 Å². The van der Waals surface area contributed by atoms with Crippen LogP contribution >= 0.6 is 0 Å². The maximum atomic E-state index is 5.19. The van der Waals surface area contributed by atoms with Crippen molar-refractivity contribution in [2.45, 2.75) is 12.8 Å². The molecule has 5 aromatic carbocycles. The van der Waals surface area contributed by atoms with Crippen LogP contribution in [0.15, 0.2) is 146 Å². The summed E-state index contributed by atoms with van der Waals surface area (Å²) >= 11 is 0. The van der Waals surface area contributed by atoms with Gasteiger partial charge in [-0.15, -0.1) is 0 Å². The van der Waals surface area contributed by atoms with Crippen LogP contribution in [0.5, 0.6) is 0 Å². The average Bonchev–Trinajstić information content (AvgIpc) is 3.14. The van der Waals surface area contributed by atoms with E-state index in [9.17, 15) is 0 Å². The van der Waals surface area contributed by atoms with E-state index in [2.05, 4.69) is 132 Å². The zero-order valence-electron chi connectivity index (χ0n) is 25.2. The van der Waals surface area contributed by atoms with Gasteiger partial charge in [-0.2, -0.15) is 0 Å². The monoisotopic (exact) mass is 587 g/mol. The van der Waals surface area contributed by atoms with Crippen LogP contribution in [0.3, 0.4) is 0 Å². The Balaban J connectivity index is 1.09. The van der Waals surface area contributed by atoms with E-state index in [1.165, 1.54) is 33.0 Å². The number of pyridine rings is 3. The third-order valence-electron chi connectivity index (χ3n) is 9.25. The van der Waals surface area contributed by atoms with Crippen molar-refractivity contribution >= 4 is 38.7 Å². The summed E-state index contributed by atoms with van der Waals surface area (Å²) in [5.74, 6) is 0. The molecule has 0 saturated heterocycles. The Labute approximate surface area is 267 Å². The first-order valence-corrected chi connectivity index (χ1v) is 15.8. The summed E-state index contributed by atoms with van der Waals surface area (Å²) in [6.45, 7) is 0. The van der Waals surface area contributed by atoms with Gasteiger partial charge in [-0.25, -0.2) is 9.97 Å². The maximum absolute atomic E-state index is 5.19. The van der Waals surface area contributed by atoms with Gasteiger partial charge < -0.3 is 0 Å².